The van der Waals surface area contributed by atoms with Crippen LogP contribution in [0, 0.1) is 0 Å². The summed E-state index contributed by atoms with van der Waals surface area (Å²) in [6, 6.07) is 0. The Bertz CT molecular complexity index is 128. The van der Waals surface area contributed by atoms with Crippen LogP contribution in [-0.2, 0) is 9.78 Å². The molecule has 0 bridgehead atoms. The summed E-state index contributed by atoms with van der Waals surface area (Å²) >= 11 is 0. The first-order valence-corrected chi connectivity index (χ1v) is 2.49. The highest BCUT2D eigenvalue weighted by atomic mass is 19.3. The zero-order valence-corrected chi connectivity index (χ0v) is 4.69. The number of alkyl halides is 4. The van der Waals surface area contributed by atoms with Crippen LogP contribution in [-0.4, -0.2) is 25.1 Å². The smallest absolute Gasteiger partial charge is 0.248 e. The van der Waals surface area contributed by atoms with Crippen LogP contribution in [0.4, 0.5) is 17.6 Å². The third kappa shape index (κ3) is 0.969. The zero-order chi connectivity index (χ0) is 7.78. The predicted molar refractivity (Wildman–Crippen MR) is 21.8 cm³/mol. The van der Waals surface area contributed by atoms with Crippen LogP contribution in [0.5, 0.6) is 0 Å². The van der Waals surface area contributed by atoms with Crippen LogP contribution in [0.15, 0.2) is 0 Å². The molecule has 1 saturated heterocycles. The van der Waals surface area contributed by atoms with Gasteiger partial charge in [-0.1, -0.05) is 0 Å². The molecule has 0 aromatic rings. The molecule has 0 amide bonds. The second-order valence-electron chi connectivity index (χ2n) is 1.83. The molecular formula is C4H4F4O2. The molecule has 2 nitrogen and oxygen atoms in total. The lowest BCUT2D eigenvalue weighted by Crippen LogP contribution is -2.36. The Labute approximate surface area is 53.6 Å². The van der Waals surface area contributed by atoms with Gasteiger partial charge in [0.15, 0.2) is 6.10 Å². The maximum atomic E-state index is 12.1. The van der Waals surface area contributed by atoms with Crippen molar-refractivity contribution in [3.8, 4) is 0 Å². The fourth-order valence-electron chi connectivity index (χ4n) is 0.519. The van der Waals surface area contributed by atoms with Crippen molar-refractivity contribution in [2.75, 3.05) is 6.67 Å². The molecule has 1 aliphatic heterocycles. The lowest BCUT2D eigenvalue weighted by atomic mass is 10.2. The van der Waals surface area contributed by atoms with E-state index in [0.717, 1.165) is 0 Å². The van der Waals surface area contributed by atoms with E-state index in [9.17, 15) is 17.6 Å². The second-order valence-corrected chi connectivity index (χ2v) is 1.83. The number of halogens is 4. The summed E-state index contributed by atoms with van der Waals surface area (Å²) in [7, 11) is 0. The molecular weight excluding hydrogens is 156 g/mol. The molecule has 2 unspecified atom stereocenters. The number of hydrogen-bond donors (Lipinski definition) is 0. The van der Waals surface area contributed by atoms with Gasteiger partial charge in [-0.05, 0) is 0 Å². The average Bonchev–Trinajstić information content (AvgIpc) is 2.10. The minimum atomic E-state index is -3.87. The third-order valence-corrected chi connectivity index (χ3v) is 1.13. The van der Waals surface area contributed by atoms with E-state index in [-0.39, 0.29) is 0 Å². The van der Waals surface area contributed by atoms with Crippen molar-refractivity contribution in [3.05, 3.63) is 0 Å². The van der Waals surface area contributed by atoms with E-state index in [2.05, 4.69) is 9.78 Å². The minimum absolute atomic E-state index is 1.46. The summed E-state index contributed by atoms with van der Waals surface area (Å²) in [6.07, 6.45) is -4.96. The van der Waals surface area contributed by atoms with Crippen LogP contribution >= 0.6 is 0 Å². The Hall–Kier alpha value is -0.360. The molecule has 60 valence electrons. The third-order valence-electron chi connectivity index (χ3n) is 1.13. The maximum Gasteiger partial charge on any atom is 0.336 e. The lowest BCUT2D eigenvalue weighted by molar-refractivity contribution is -0.320. The van der Waals surface area contributed by atoms with Crippen molar-refractivity contribution in [2.45, 2.75) is 18.4 Å². The van der Waals surface area contributed by atoms with E-state index < -0.39 is 25.1 Å². The van der Waals surface area contributed by atoms with Crippen LogP contribution in [0.2, 0.25) is 0 Å². The van der Waals surface area contributed by atoms with Crippen molar-refractivity contribution in [1.82, 2.24) is 0 Å². The van der Waals surface area contributed by atoms with Crippen molar-refractivity contribution < 1.29 is 27.3 Å². The molecule has 1 fully saturated rings. The van der Waals surface area contributed by atoms with Crippen LogP contribution in [0.25, 0.3) is 0 Å². The number of rotatable bonds is 1. The Kier molecular flexibility index (Phi) is 1.82. The molecule has 0 aromatic heterocycles. The van der Waals surface area contributed by atoms with Crippen LogP contribution in [0.3, 0.4) is 0 Å². The molecule has 0 aromatic carbocycles. The van der Waals surface area contributed by atoms with E-state index >= 15 is 0 Å². The summed E-state index contributed by atoms with van der Waals surface area (Å²) in [5.74, 6) is -3.87. The van der Waals surface area contributed by atoms with Crippen molar-refractivity contribution in [2.24, 2.45) is 0 Å². The van der Waals surface area contributed by atoms with Crippen molar-refractivity contribution in [3.63, 3.8) is 0 Å². The Morgan fingerprint density at radius 2 is 1.90 bits per heavy atom. The standard InChI is InChI=1S/C4H4F4O2/c5-1-2-4(7,8)3(6)10-9-2/h2-3H,1H2. The first kappa shape index (κ1) is 7.74. The number of hydrogen-bond acceptors (Lipinski definition) is 2. The Balaban J connectivity index is 2.64. The molecule has 0 radical (unpaired) electrons. The fraction of sp³-hybridized carbons (Fsp3) is 1.00. The molecule has 0 spiro atoms. The van der Waals surface area contributed by atoms with Gasteiger partial charge in [0, 0.05) is 0 Å². The topological polar surface area (TPSA) is 18.5 Å². The highest BCUT2D eigenvalue weighted by molar-refractivity contribution is 4.82. The van der Waals surface area contributed by atoms with Gasteiger partial charge >= 0.3 is 5.92 Å². The SMILES string of the molecule is FCC1OOC(F)C1(F)F. The van der Waals surface area contributed by atoms with Gasteiger partial charge in [0.25, 0.3) is 6.36 Å². The van der Waals surface area contributed by atoms with Gasteiger partial charge in [0.2, 0.25) is 0 Å². The van der Waals surface area contributed by atoms with Gasteiger partial charge in [0.05, 0.1) is 0 Å². The average molecular weight is 160 g/mol. The van der Waals surface area contributed by atoms with Crippen LogP contribution in [0.1, 0.15) is 0 Å². The Morgan fingerprint density at radius 3 is 2.10 bits per heavy atom. The summed E-state index contributed by atoms with van der Waals surface area (Å²) in [5.41, 5.74) is 0. The highest BCUT2D eigenvalue weighted by Gasteiger charge is 2.57. The molecule has 1 rings (SSSR count). The van der Waals surface area contributed by atoms with Gasteiger partial charge in [0.1, 0.15) is 6.67 Å². The molecule has 2 atom stereocenters. The molecule has 1 aliphatic rings. The molecule has 0 saturated carbocycles. The summed E-state index contributed by atoms with van der Waals surface area (Å²) < 4.78 is 47.7. The quantitative estimate of drug-likeness (QED) is 0.424. The summed E-state index contributed by atoms with van der Waals surface area (Å²) in [6.45, 7) is -1.46. The van der Waals surface area contributed by atoms with Gasteiger partial charge in [-0.15, -0.1) is 0 Å². The van der Waals surface area contributed by atoms with E-state index in [0.29, 0.717) is 0 Å². The molecule has 10 heavy (non-hydrogen) atoms. The predicted octanol–water partition coefficient (Wildman–Crippen LogP) is 1.22. The van der Waals surface area contributed by atoms with E-state index in [1.54, 1.807) is 0 Å². The van der Waals surface area contributed by atoms with Crippen molar-refractivity contribution >= 4 is 0 Å². The van der Waals surface area contributed by atoms with Crippen molar-refractivity contribution in [1.29, 1.82) is 0 Å². The normalized spacial score (nSPS) is 38.4. The zero-order valence-electron chi connectivity index (χ0n) is 4.69. The first-order valence-electron chi connectivity index (χ1n) is 2.49. The Morgan fingerprint density at radius 1 is 1.30 bits per heavy atom. The van der Waals surface area contributed by atoms with Gasteiger partial charge in [-0.2, -0.15) is 13.7 Å². The summed E-state index contributed by atoms with van der Waals surface area (Å²) in [4.78, 5) is 7.04. The molecule has 0 N–H and O–H groups in total. The highest BCUT2D eigenvalue weighted by Crippen LogP contribution is 2.35. The molecule has 0 aliphatic carbocycles. The fourth-order valence-corrected chi connectivity index (χ4v) is 0.519. The van der Waals surface area contributed by atoms with Crippen LogP contribution < -0.4 is 0 Å². The van der Waals surface area contributed by atoms with E-state index in [1.165, 1.54) is 0 Å². The van der Waals surface area contributed by atoms with E-state index in [1.807, 2.05) is 0 Å². The van der Waals surface area contributed by atoms with Gasteiger partial charge in [-0.25, -0.2) is 13.7 Å². The molecule has 1 heterocycles. The maximum absolute atomic E-state index is 12.1. The monoisotopic (exact) mass is 160 g/mol. The first-order chi connectivity index (χ1) is 4.59. The lowest BCUT2D eigenvalue weighted by Gasteiger charge is -2.10. The molecule has 6 heteroatoms. The van der Waals surface area contributed by atoms with Gasteiger partial charge < -0.3 is 0 Å². The largest absolute Gasteiger partial charge is 0.336 e. The second kappa shape index (κ2) is 2.35. The van der Waals surface area contributed by atoms with Gasteiger partial charge in [-0.3, -0.25) is 0 Å². The van der Waals surface area contributed by atoms with E-state index in [4.69, 9.17) is 0 Å². The summed E-state index contributed by atoms with van der Waals surface area (Å²) in [5, 5.41) is 0. The minimum Gasteiger partial charge on any atom is -0.248 e.